The van der Waals surface area contributed by atoms with Gasteiger partial charge in [-0.3, -0.25) is 9.59 Å². The second-order valence-electron chi connectivity index (χ2n) is 6.97. The van der Waals surface area contributed by atoms with Crippen molar-refractivity contribution in [2.24, 2.45) is 0 Å². The number of ether oxygens (including phenoxy) is 1. The zero-order valence-corrected chi connectivity index (χ0v) is 17.2. The van der Waals surface area contributed by atoms with Crippen molar-refractivity contribution in [3.05, 3.63) is 101 Å². The van der Waals surface area contributed by atoms with E-state index in [0.29, 0.717) is 17.0 Å². The highest BCUT2D eigenvalue weighted by molar-refractivity contribution is 6.10. The molecule has 0 unspecified atom stereocenters. The maximum Gasteiger partial charge on any atom is 0.272 e. The van der Waals surface area contributed by atoms with Crippen LogP contribution in [0.5, 0.6) is 5.75 Å². The van der Waals surface area contributed by atoms with Gasteiger partial charge in [0.05, 0.1) is 7.11 Å². The first-order valence-corrected chi connectivity index (χ1v) is 9.56. The molecule has 152 valence electrons. The van der Waals surface area contributed by atoms with E-state index in [1.807, 2.05) is 62.4 Å². The largest absolute Gasteiger partial charge is 0.497 e. The molecule has 5 nitrogen and oxygen atoms in total. The molecule has 0 aliphatic carbocycles. The lowest BCUT2D eigenvalue weighted by Gasteiger charge is -2.12. The van der Waals surface area contributed by atoms with E-state index in [1.54, 1.807) is 37.5 Å². The molecular formula is C25H24N2O3. The molecule has 0 fully saturated rings. The molecule has 0 aromatic heterocycles. The van der Waals surface area contributed by atoms with Gasteiger partial charge in [0.15, 0.2) is 0 Å². The fourth-order valence-corrected chi connectivity index (χ4v) is 2.76. The minimum absolute atomic E-state index is 0.145. The fourth-order valence-electron chi connectivity index (χ4n) is 2.76. The molecule has 0 spiro atoms. The van der Waals surface area contributed by atoms with E-state index in [1.165, 1.54) is 0 Å². The predicted molar refractivity (Wildman–Crippen MR) is 119 cm³/mol. The van der Waals surface area contributed by atoms with E-state index >= 15 is 0 Å². The summed E-state index contributed by atoms with van der Waals surface area (Å²) < 4.78 is 5.17. The third-order valence-corrected chi connectivity index (χ3v) is 4.54. The minimum Gasteiger partial charge on any atom is -0.497 e. The second kappa shape index (κ2) is 9.56. The van der Waals surface area contributed by atoms with Crippen LogP contribution in [0.25, 0.3) is 6.08 Å². The van der Waals surface area contributed by atoms with E-state index in [9.17, 15) is 9.59 Å². The van der Waals surface area contributed by atoms with Gasteiger partial charge in [-0.25, -0.2) is 0 Å². The highest BCUT2D eigenvalue weighted by Gasteiger charge is 2.15. The Bertz CT molecular complexity index is 1050. The summed E-state index contributed by atoms with van der Waals surface area (Å²) in [6.07, 6.45) is 1.63. The van der Waals surface area contributed by atoms with Gasteiger partial charge < -0.3 is 15.4 Å². The number of rotatable bonds is 6. The predicted octanol–water partition coefficient (Wildman–Crippen LogP) is 4.72. The van der Waals surface area contributed by atoms with Crippen LogP contribution in [0.2, 0.25) is 0 Å². The average Bonchev–Trinajstić information content (AvgIpc) is 2.75. The highest BCUT2D eigenvalue weighted by atomic mass is 16.5. The van der Waals surface area contributed by atoms with Gasteiger partial charge in [0, 0.05) is 11.3 Å². The molecular weight excluding hydrogens is 376 g/mol. The zero-order valence-electron chi connectivity index (χ0n) is 17.2. The summed E-state index contributed by atoms with van der Waals surface area (Å²) in [4.78, 5) is 25.6. The van der Waals surface area contributed by atoms with Crippen LogP contribution >= 0.6 is 0 Å². The Morgan fingerprint density at radius 3 is 1.93 bits per heavy atom. The molecule has 0 saturated heterocycles. The Kier molecular flexibility index (Phi) is 6.65. The first-order valence-electron chi connectivity index (χ1n) is 9.56. The molecule has 5 heteroatoms. The van der Waals surface area contributed by atoms with Crippen molar-refractivity contribution in [2.45, 2.75) is 13.8 Å². The molecule has 0 saturated carbocycles. The molecule has 3 aromatic carbocycles. The number of hydrogen-bond acceptors (Lipinski definition) is 3. The van der Waals surface area contributed by atoms with Gasteiger partial charge in [-0.2, -0.15) is 0 Å². The van der Waals surface area contributed by atoms with E-state index in [0.717, 1.165) is 16.7 Å². The summed E-state index contributed by atoms with van der Waals surface area (Å²) >= 11 is 0. The van der Waals surface area contributed by atoms with Crippen LogP contribution in [-0.2, 0) is 4.79 Å². The Morgan fingerprint density at radius 2 is 1.37 bits per heavy atom. The Morgan fingerprint density at radius 1 is 0.800 bits per heavy atom. The average molecular weight is 400 g/mol. The Labute approximate surface area is 176 Å². The summed E-state index contributed by atoms with van der Waals surface area (Å²) in [5.74, 6) is -0.0505. The van der Waals surface area contributed by atoms with E-state index in [4.69, 9.17) is 4.74 Å². The summed E-state index contributed by atoms with van der Waals surface area (Å²) in [6, 6.07) is 21.8. The second-order valence-corrected chi connectivity index (χ2v) is 6.97. The van der Waals surface area contributed by atoms with Crippen molar-refractivity contribution >= 4 is 23.6 Å². The van der Waals surface area contributed by atoms with Gasteiger partial charge in [-0.05, 0) is 61.9 Å². The molecule has 2 amide bonds. The number of carbonyl (C=O) groups excluding carboxylic acids is 2. The number of hydrogen-bond donors (Lipinski definition) is 2. The van der Waals surface area contributed by atoms with Gasteiger partial charge in [0.25, 0.3) is 11.8 Å². The lowest BCUT2D eigenvalue weighted by molar-refractivity contribution is -0.113. The number of nitrogens with one attached hydrogen (secondary N) is 2. The first kappa shape index (κ1) is 20.9. The van der Waals surface area contributed by atoms with Gasteiger partial charge in [0.2, 0.25) is 0 Å². The molecule has 3 aromatic rings. The van der Waals surface area contributed by atoms with Crippen LogP contribution in [0.3, 0.4) is 0 Å². The third kappa shape index (κ3) is 5.58. The number of amides is 2. The topological polar surface area (TPSA) is 67.4 Å². The molecule has 0 atom stereocenters. The van der Waals surface area contributed by atoms with Crippen LogP contribution in [0.15, 0.2) is 78.5 Å². The lowest BCUT2D eigenvalue weighted by atomic mass is 10.1. The number of benzene rings is 3. The molecule has 0 radical (unpaired) electrons. The van der Waals surface area contributed by atoms with Crippen molar-refractivity contribution in [2.75, 3.05) is 12.4 Å². The fraction of sp³-hybridized carbons (Fsp3) is 0.120. The smallest absolute Gasteiger partial charge is 0.272 e. The standard InChI is InChI=1S/C25H24N2O3/c1-17-4-10-20(11-5-17)24(28)27-23(16-19-8-14-22(30-3)15-9-19)25(29)26-21-12-6-18(2)7-13-21/h4-16H,1-3H3,(H,26,29)(H,27,28)/b23-16+. The van der Waals surface area contributed by atoms with Crippen LogP contribution < -0.4 is 15.4 Å². The van der Waals surface area contributed by atoms with Gasteiger partial charge >= 0.3 is 0 Å². The van der Waals surface area contributed by atoms with E-state index in [2.05, 4.69) is 10.6 Å². The van der Waals surface area contributed by atoms with Crippen LogP contribution in [0.4, 0.5) is 5.69 Å². The molecule has 0 aliphatic heterocycles. The van der Waals surface area contributed by atoms with Crippen molar-refractivity contribution in [3.8, 4) is 5.75 Å². The molecule has 0 bridgehead atoms. The van der Waals surface area contributed by atoms with Crippen LogP contribution in [0.1, 0.15) is 27.0 Å². The molecule has 3 rings (SSSR count). The Balaban J connectivity index is 1.87. The summed E-state index contributed by atoms with van der Waals surface area (Å²) in [7, 11) is 1.59. The monoisotopic (exact) mass is 400 g/mol. The van der Waals surface area contributed by atoms with E-state index < -0.39 is 5.91 Å². The zero-order chi connectivity index (χ0) is 21.5. The SMILES string of the molecule is COc1ccc(/C=C(/NC(=O)c2ccc(C)cc2)C(=O)Nc2ccc(C)cc2)cc1. The maximum absolute atomic E-state index is 12.9. The van der Waals surface area contributed by atoms with E-state index in [-0.39, 0.29) is 11.6 Å². The highest BCUT2D eigenvalue weighted by Crippen LogP contribution is 2.15. The van der Waals surface area contributed by atoms with Crippen LogP contribution in [0, 0.1) is 13.8 Å². The summed E-state index contributed by atoms with van der Waals surface area (Å²) in [5, 5.41) is 5.57. The van der Waals surface area contributed by atoms with Gasteiger partial charge in [-0.1, -0.05) is 47.5 Å². The number of methoxy groups -OCH3 is 1. The first-order chi connectivity index (χ1) is 14.4. The minimum atomic E-state index is -0.407. The van der Waals surface area contributed by atoms with Crippen molar-refractivity contribution < 1.29 is 14.3 Å². The lowest BCUT2D eigenvalue weighted by Crippen LogP contribution is -2.30. The third-order valence-electron chi connectivity index (χ3n) is 4.54. The van der Waals surface area contributed by atoms with Crippen LogP contribution in [-0.4, -0.2) is 18.9 Å². The summed E-state index contributed by atoms with van der Waals surface area (Å²) in [6.45, 7) is 3.92. The molecule has 0 heterocycles. The number of aryl methyl sites for hydroxylation is 2. The summed E-state index contributed by atoms with van der Waals surface area (Å²) in [5.41, 5.74) is 4.17. The van der Waals surface area contributed by atoms with Gasteiger partial charge in [-0.15, -0.1) is 0 Å². The quantitative estimate of drug-likeness (QED) is 0.588. The molecule has 2 N–H and O–H groups in total. The maximum atomic E-state index is 12.9. The van der Waals surface area contributed by atoms with Gasteiger partial charge in [0.1, 0.15) is 11.4 Å². The van der Waals surface area contributed by atoms with Crippen molar-refractivity contribution in [3.63, 3.8) is 0 Å². The molecule has 30 heavy (non-hydrogen) atoms. The Hall–Kier alpha value is -3.86. The normalized spacial score (nSPS) is 11.0. The number of anilines is 1. The van der Waals surface area contributed by atoms with Crippen molar-refractivity contribution in [1.82, 2.24) is 5.32 Å². The number of carbonyl (C=O) groups is 2. The molecule has 0 aliphatic rings. The van der Waals surface area contributed by atoms with Crippen molar-refractivity contribution in [1.29, 1.82) is 0 Å².